The number of piperazine rings is 1. The summed E-state index contributed by atoms with van der Waals surface area (Å²) < 4.78 is 18.1. The molecule has 0 unspecified atom stereocenters. The summed E-state index contributed by atoms with van der Waals surface area (Å²) in [4.78, 5) is 10.7. The number of allylic oxidation sites excluding steroid dienone is 2. The minimum absolute atomic E-state index is 0.304. The lowest BCUT2D eigenvalue weighted by Crippen LogP contribution is -2.47. The molecule has 3 aliphatic rings. The average molecular weight is 806 g/mol. The van der Waals surface area contributed by atoms with Gasteiger partial charge in [-0.15, -0.1) is 0 Å². The molecule has 1 aromatic heterocycles. The first-order valence-corrected chi connectivity index (χ1v) is 21.9. The number of halogens is 2. The molecule has 0 bridgehead atoms. The van der Waals surface area contributed by atoms with Gasteiger partial charge in [0.15, 0.2) is 0 Å². The number of aromatic nitrogens is 1. The fourth-order valence-corrected chi connectivity index (χ4v) is 9.58. The van der Waals surface area contributed by atoms with Crippen LogP contribution in [0.4, 0.5) is 21.5 Å². The molecule has 1 aliphatic heterocycles. The van der Waals surface area contributed by atoms with Gasteiger partial charge in [-0.3, -0.25) is 9.88 Å². The molecule has 1 saturated carbocycles. The molecule has 0 amide bonds. The Morgan fingerprint density at radius 2 is 1.84 bits per heavy atom. The lowest BCUT2D eigenvalue weighted by Gasteiger charge is -2.47. The molecule has 9 heteroatoms. The Labute approximate surface area is 349 Å². The SMILES string of the molecule is C=C(NSc1cc(N)c(NC)c(F)c1)c1ccc(N2CCN(CC3=C(c4ccc(Cl)cc4)CC4(CCC4)CC3)CC2)cc1Cc1cnc(C)c(/C=C\CCCC)c1. The molecule has 4 N–H and O–H groups in total. The van der Waals surface area contributed by atoms with Crippen LogP contribution in [0.3, 0.4) is 0 Å². The molecule has 2 fully saturated rings. The van der Waals surface area contributed by atoms with E-state index in [0.717, 1.165) is 72.2 Å². The van der Waals surface area contributed by atoms with Crippen LogP contribution in [-0.2, 0) is 6.42 Å². The highest BCUT2D eigenvalue weighted by Crippen LogP contribution is 2.55. The van der Waals surface area contributed by atoms with Gasteiger partial charge >= 0.3 is 0 Å². The van der Waals surface area contributed by atoms with E-state index in [1.807, 2.05) is 18.3 Å². The molecule has 300 valence electrons. The summed E-state index contributed by atoms with van der Waals surface area (Å²) in [7, 11) is 1.67. The van der Waals surface area contributed by atoms with E-state index in [9.17, 15) is 4.39 Å². The number of aryl methyl sites for hydroxylation is 1. The van der Waals surface area contributed by atoms with Gasteiger partial charge in [-0.2, -0.15) is 0 Å². The second-order valence-corrected chi connectivity index (χ2v) is 17.6. The number of rotatable bonds is 15. The third-order valence-corrected chi connectivity index (χ3v) is 13.4. The van der Waals surface area contributed by atoms with E-state index in [1.54, 1.807) is 24.3 Å². The molecule has 0 atom stereocenters. The second kappa shape index (κ2) is 18.6. The van der Waals surface area contributed by atoms with Crippen molar-refractivity contribution in [2.75, 3.05) is 55.7 Å². The maximum atomic E-state index is 14.7. The van der Waals surface area contributed by atoms with E-state index in [-0.39, 0.29) is 5.82 Å². The number of unbranched alkanes of at least 4 members (excludes halogenated alkanes) is 2. The van der Waals surface area contributed by atoms with Crippen molar-refractivity contribution < 1.29 is 4.39 Å². The fraction of sp³-hybridized carbons (Fsp3) is 0.396. The van der Waals surface area contributed by atoms with Crippen LogP contribution < -0.4 is 20.7 Å². The van der Waals surface area contributed by atoms with Crippen LogP contribution in [0.2, 0.25) is 5.02 Å². The van der Waals surface area contributed by atoms with Crippen LogP contribution in [0.25, 0.3) is 17.3 Å². The Morgan fingerprint density at radius 3 is 2.54 bits per heavy atom. The number of nitrogens with zero attached hydrogens (tertiary/aromatic N) is 3. The van der Waals surface area contributed by atoms with Crippen LogP contribution in [0.1, 0.15) is 98.2 Å². The Morgan fingerprint density at radius 1 is 1.05 bits per heavy atom. The summed E-state index contributed by atoms with van der Waals surface area (Å²) in [5.41, 5.74) is 19.4. The van der Waals surface area contributed by atoms with E-state index in [0.29, 0.717) is 28.1 Å². The normalized spacial score (nSPS) is 17.0. The van der Waals surface area contributed by atoms with Gasteiger partial charge in [0.05, 0.1) is 11.4 Å². The van der Waals surface area contributed by atoms with Gasteiger partial charge in [0.25, 0.3) is 0 Å². The Bertz CT molecular complexity index is 2090. The topological polar surface area (TPSA) is 69.5 Å². The molecule has 1 spiro atoms. The Hall–Kier alpha value is -4.24. The van der Waals surface area contributed by atoms with Crippen LogP contribution in [0.5, 0.6) is 0 Å². The standard InChI is InChI=1S/C48H58ClFN6S/c1-5-6-7-8-10-37-25-35(31-53-33(37)2)26-39-27-41(15-16-43(39)34(3)54-57-42-28-45(50)47(52-4)46(51)29-42)56-23-21-55(22-24-56)32-38-17-20-48(18-9-19-48)30-44(38)36-11-13-40(49)14-12-36/h8,10-16,25,27-29,31,52,54H,3,5-7,9,17-24,26,30,32,51H2,1-2,4H3/b10-8-. The highest BCUT2D eigenvalue weighted by molar-refractivity contribution is 7.97. The fourth-order valence-electron chi connectivity index (χ4n) is 8.76. The quantitative estimate of drug-likeness (QED) is 0.0628. The largest absolute Gasteiger partial charge is 0.397 e. The highest BCUT2D eigenvalue weighted by Gasteiger charge is 2.41. The predicted octanol–water partition coefficient (Wildman–Crippen LogP) is 11.8. The van der Waals surface area contributed by atoms with Gasteiger partial charge < -0.3 is 20.7 Å². The Balaban J connectivity index is 1.09. The van der Waals surface area contributed by atoms with Gasteiger partial charge in [0, 0.05) is 78.5 Å². The first-order chi connectivity index (χ1) is 27.6. The van der Waals surface area contributed by atoms with Crippen LogP contribution >= 0.6 is 23.5 Å². The number of hydrogen-bond acceptors (Lipinski definition) is 7. The summed E-state index contributed by atoms with van der Waals surface area (Å²) in [6.45, 7) is 13.8. The van der Waals surface area contributed by atoms with Crippen LogP contribution in [0, 0.1) is 18.2 Å². The maximum Gasteiger partial charge on any atom is 0.149 e. The van der Waals surface area contributed by atoms with Gasteiger partial charge in [-0.05, 0) is 140 Å². The maximum absolute atomic E-state index is 14.7. The average Bonchev–Trinajstić information content (AvgIpc) is 3.20. The summed E-state index contributed by atoms with van der Waals surface area (Å²) in [5, 5.41) is 3.64. The van der Waals surface area contributed by atoms with Gasteiger partial charge in [-0.25, -0.2) is 4.39 Å². The molecular formula is C48H58ClFN6S. The lowest BCUT2D eigenvalue weighted by molar-refractivity contribution is 0.118. The van der Waals surface area contributed by atoms with Crippen molar-refractivity contribution in [1.29, 1.82) is 0 Å². The zero-order valence-electron chi connectivity index (χ0n) is 33.9. The van der Waals surface area contributed by atoms with E-state index in [1.165, 1.54) is 86.2 Å². The lowest BCUT2D eigenvalue weighted by atomic mass is 9.59. The van der Waals surface area contributed by atoms with E-state index < -0.39 is 0 Å². The summed E-state index contributed by atoms with van der Waals surface area (Å²) in [6.07, 6.45) is 18.5. The van der Waals surface area contributed by atoms with Crippen molar-refractivity contribution in [2.45, 2.75) is 83.0 Å². The molecule has 2 heterocycles. The third kappa shape index (κ3) is 9.90. The van der Waals surface area contributed by atoms with E-state index in [2.05, 4.69) is 88.8 Å². The number of benzene rings is 3. The monoisotopic (exact) mass is 804 g/mol. The molecule has 6 nitrogen and oxygen atoms in total. The molecule has 57 heavy (non-hydrogen) atoms. The van der Waals surface area contributed by atoms with Crippen molar-refractivity contribution in [2.24, 2.45) is 5.41 Å². The molecule has 7 rings (SSSR count). The van der Waals surface area contributed by atoms with Crippen molar-refractivity contribution in [3.63, 3.8) is 0 Å². The highest BCUT2D eigenvalue weighted by atomic mass is 35.5. The summed E-state index contributed by atoms with van der Waals surface area (Å²) in [5.74, 6) is -0.386. The van der Waals surface area contributed by atoms with Crippen LogP contribution in [0.15, 0.2) is 90.0 Å². The summed E-state index contributed by atoms with van der Waals surface area (Å²) in [6, 6.07) is 20.8. The summed E-state index contributed by atoms with van der Waals surface area (Å²) >= 11 is 7.62. The number of nitrogens with one attached hydrogen (secondary N) is 2. The number of nitrogen functional groups attached to an aromatic ring is 1. The zero-order valence-corrected chi connectivity index (χ0v) is 35.5. The van der Waals surface area contributed by atoms with Crippen molar-refractivity contribution in [3.05, 3.63) is 129 Å². The predicted molar refractivity (Wildman–Crippen MR) is 242 cm³/mol. The van der Waals surface area contributed by atoms with Crippen molar-refractivity contribution >= 4 is 58.0 Å². The molecule has 0 radical (unpaired) electrons. The van der Waals surface area contributed by atoms with Crippen molar-refractivity contribution in [3.8, 4) is 0 Å². The second-order valence-electron chi connectivity index (χ2n) is 16.3. The first kappa shape index (κ1) is 40.9. The van der Waals surface area contributed by atoms with E-state index in [4.69, 9.17) is 22.3 Å². The molecule has 4 aromatic rings. The number of anilines is 3. The molecular weight excluding hydrogens is 747 g/mol. The Kier molecular flexibility index (Phi) is 13.3. The third-order valence-electron chi connectivity index (χ3n) is 12.3. The molecule has 3 aromatic carbocycles. The minimum atomic E-state index is -0.386. The first-order valence-electron chi connectivity index (χ1n) is 20.7. The van der Waals surface area contributed by atoms with Gasteiger partial charge in [0.1, 0.15) is 5.82 Å². The molecule has 2 aliphatic carbocycles. The smallest absolute Gasteiger partial charge is 0.149 e. The number of pyridine rings is 1. The number of hydrogen-bond donors (Lipinski definition) is 3. The zero-order chi connectivity index (χ0) is 39.9. The van der Waals surface area contributed by atoms with Crippen LogP contribution in [-0.4, -0.2) is 49.7 Å². The van der Waals surface area contributed by atoms with Gasteiger partial charge in [0.2, 0.25) is 0 Å². The molecule has 1 saturated heterocycles. The number of nitrogens with two attached hydrogens (primary N) is 1. The van der Waals surface area contributed by atoms with Gasteiger partial charge in [-0.1, -0.05) is 80.3 Å². The van der Waals surface area contributed by atoms with E-state index >= 15 is 0 Å². The van der Waals surface area contributed by atoms with Crippen molar-refractivity contribution in [1.82, 2.24) is 14.6 Å². The minimum Gasteiger partial charge on any atom is -0.397 e.